The van der Waals surface area contributed by atoms with Gasteiger partial charge in [-0.2, -0.15) is 0 Å². The molecule has 2 atom stereocenters. The Balaban J connectivity index is 2.47. The number of esters is 1. The summed E-state index contributed by atoms with van der Waals surface area (Å²) in [5.41, 5.74) is 0. The summed E-state index contributed by atoms with van der Waals surface area (Å²) in [6.07, 6.45) is 1.27. The predicted molar refractivity (Wildman–Crippen MR) is 59.8 cm³/mol. The number of hydrogen-bond acceptors (Lipinski definition) is 4. The molecule has 0 saturated carbocycles. The van der Waals surface area contributed by atoms with Gasteiger partial charge in [0, 0.05) is 32.5 Å². The molecular weight excluding hydrogens is 208 g/mol. The molecule has 1 amide bonds. The van der Waals surface area contributed by atoms with E-state index >= 15 is 0 Å². The summed E-state index contributed by atoms with van der Waals surface area (Å²) in [6, 6.07) is 0.144. The second-order valence-electron chi connectivity index (χ2n) is 4.50. The molecule has 0 aliphatic carbocycles. The fraction of sp³-hybridized carbons (Fsp3) is 0.818. The fourth-order valence-corrected chi connectivity index (χ4v) is 2.30. The molecule has 0 aromatic carbocycles. The standard InChI is InChI=1S/C11H20N2O3/c1-8(14)12-10-4-9(5-11(15)16-3)6-13(2)7-10/h9-10H,4-7H2,1-3H3,(H,12,14). The van der Waals surface area contributed by atoms with E-state index in [-0.39, 0.29) is 23.8 Å². The Kier molecular flexibility index (Phi) is 4.73. The van der Waals surface area contributed by atoms with Gasteiger partial charge in [-0.05, 0) is 19.4 Å². The number of rotatable bonds is 3. The lowest BCUT2D eigenvalue weighted by molar-refractivity contribution is -0.142. The maximum atomic E-state index is 11.2. The van der Waals surface area contributed by atoms with Crippen LogP contribution in [0.5, 0.6) is 0 Å². The Labute approximate surface area is 96.1 Å². The van der Waals surface area contributed by atoms with E-state index in [9.17, 15) is 9.59 Å². The number of carbonyl (C=O) groups excluding carboxylic acids is 2. The van der Waals surface area contributed by atoms with E-state index in [2.05, 4.69) is 15.0 Å². The molecule has 1 aliphatic heterocycles. The van der Waals surface area contributed by atoms with Gasteiger partial charge in [0.25, 0.3) is 0 Å². The van der Waals surface area contributed by atoms with Gasteiger partial charge in [-0.1, -0.05) is 0 Å². The van der Waals surface area contributed by atoms with E-state index in [0.29, 0.717) is 6.42 Å². The predicted octanol–water partition coefficient (Wildman–Crippen LogP) is 0.00590. The van der Waals surface area contributed by atoms with Crippen molar-refractivity contribution in [2.75, 3.05) is 27.2 Å². The first-order valence-corrected chi connectivity index (χ1v) is 5.53. The summed E-state index contributed by atoms with van der Waals surface area (Å²) >= 11 is 0. The number of carbonyl (C=O) groups is 2. The Morgan fingerprint density at radius 3 is 2.69 bits per heavy atom. The number of methoxy groups -OCH3 is 1. The third kappa shape index (κ3) is 4.18. The normalized spacial score (nSPS) is 26.2. The molecule has 1 heterocycles. The number of likely N-dealkylation sites (tertiary alicyclic amines) is 1. The first-order valence-electron chi connectivity index (χ1n) is 5.53. The number of nitrogens with one attached hydrogen (secondary N) is 1. The number of nitrogens with zero attached hydrogens (tertiary/aromatic N) is 1. The number of ether oxygens (including phenoxy) is 1. The Bertz CT molecular complexity index is 268. The summed E-state index contributed by atoms with van der Waals surface area (Å²) in [5.74, 6) is 0.0713. The van der Waals surface area contributed by atoms with Gasteiger partial charge in [-0.15, -0.1) is 0 Å². The van der Waals surface area contributed by atoms with Gasteiger partial charge >= 0.3 is 5.97 Å². The number of likely N-dealkylation sites (N-methyl/N-ethyl adjacent to an activating group) is 1. The molecule has 0 aromatic heterocycles. The molecule has 1 fully saturated rings. The van der Waals surface area contributed by atoms with E-state index in [1.165, 1.54) is 14.0 Å². The van der Waals surface area contributed by atoms with Crippen LogP contribution in [0.3, 0.4) is 0 Å². The maximum Gasteiger partial charge on any atom is 0.305 e. The van der Waals surface area contributed by atoms with Crippen molar-refractivity contribution in [3.8, 4) is 0 Å². The minimum atomic E-state index is -0.179. The van der Waals surface area contributed by atoms with E-state index in [0.717, 1.165) is 19.5 Å². The van der Waals surface area contributed by atoms with Gasteiger partial charge in [0.15, 0.2) is 0 Å². The van der Waals surface area contributed by atoms with Crippen LogP contribution in [0, 0.1) is 5.92 Å². The van der Waals surface area contributed by atoms with Crippen molar-refractivity contribution in [3.05, 3.63) is 0 Å². The lowest BCUT2D eigenvalue weighted by Crippen LogP contribution is -2.49. The second-order valence-corrected chi connectivity index (χ2v) is 4.50. The number of hydrogen-bond donors (Lipinski definition) is 1. The molecule has 16 heavy (non-hydrogen) atoms. The third-order valence-corrected chi connectivity index (χ3v) is 2.81. The average Bonchev–Trinajstić information content (AvgIpc) is 2.15. The lowest BCUT2D eigenvalue weighted by atomic mass is 9.92. The first-order chi connectivity index (χ1) is 7.51. The van der Waals surface area contributed by atoms with Crippen molar-refractivity contribution in [2.24, 2.45) is 5.92 Å². The highest BCUT2D eigenvalue weighted by Crippen LogP contribution is 2.19. The van der Waals surface area contributed by atoms with Crippen LogP contribution in [0.15, 0.2) is 0 Å². The van der Waals surface area contributed by atoms with Crippen LogP contribution in [0.4, 0.5) is 0 Å². The molecule has 1 aliphatic rings. The zero-order chi connectivity index (χ0) is 12.1. The summed E-state index contributed by atoms with van der Waals surface area (Å²) in [7, 11) is 3.40. The van der Waals surface area contributed by atoms with Crippen LogP contribution < -0.4 is 5.32 Å². The largest absolute Gasteiger partial charge is 0.469 e. The van der Waals surface area contributed by atoms with Crippen molar-refractivity contribution < 1.29 is 14.3 Å². The van der Waals surface area contributed by atoms with Crippen molar-refractivity contribution >= 4 is 11.9 Å². The molecule has 5 heteroatoms. The Hall–Kier alpha value is -1.10. The summed E-state index contributed by atoms with van der Waals surface area (Å²) in [6.45, 7) is 3.24. The van der Waals surface area contributed by atoms with E-state index < -0.39 is 0 Å². The summed E-state index contributed by atoms with van der Waals surface area (Å²) in [4.78, 5) is 24.3. The van der Waals surface area contributed by atoms with E-state index in [1.807, 2.05) is 7.05 Å². The van der Waals surface area contributed by atoms with Crippen LogP contribution in [-0.4, -0.2) is 50.1 Å². The van der Waals surface area contributed by atoms with Crippen LogP contribution >= 0.6 is 0 Å². The quantitative estimate of drug-likeness (QED) is 0.691. The first kappa shape index (κ1) is 13.0. The number of amides is 1. The monoisotopic (exact) mass is 228 g/mol. The smallest absolute Gasteiger partial charge is 0.305 e. The molecule has 92 valence electrons. The minimum Gasteiger partial charge on any atom is -0.469 e. The second kappa shape index (κ2) is 5.84. The highest BCUT2D eigenvalue weighted by Gasteiger charge is 2.27. The molecule has 5 nitrogen and oxygen atoms in total. The SMILES string of the molecule is COC(=O)CC1CC(NC(C)=O)CN(C)C1. The van der Waals surface area contributed by atoms with Gasteiger partial charge < -0.3 is 15.0 Å². The zero-order valence-electron chi connectivity index (χ0n) is 10.2. The van der Waals surface area contributed by atoms with Crippen molar-refractivity contribution in [3.63, 3.8) is 0 Å². The summed E-state index contributed by atoms with van der Waals surface area (Å²) < 4.78 is 4.66. The van der Waals surface area contributed by atoms with E-state index in [1.54, 1.807) is 0 Å². The maximum absolute atomic E-state index is 11.2. The molecule has 1 saturated heterocycles. The minimum absolute atomic E-state index is 0.0166. The van der Waals surface area contributed by atoms with Crippen LogP contribution in [0.2, 0.25) is 0 Å². The molecule has 0 bridgehead atoms. The third-order valence-electron chi connectivity index (χ3n) is 2.81. The zero-order valence-corrected chi connectivity index (χ0v) is 10.2. The van der Waals surface area contributed by atoms with Gasteiger partial charge in [0.1, 0.15) is 0 Å². The van der Waals surface area contributed by atoms with Crippen molar-refractivity contribution in [1.82, 2.24) is 10.2 Å². The highest BCUT2D eigenvalue weighted by atomic mass is 16.5. The van der Waals surface area contributed by atoms with Crippen LogP contribution in [0.1, 0.15) is 19.8 Å². The topological polar surface area (TPSA) is 58.6 Å². The molecule has 0 spiro atoms. The molecule has 2 unspecified atom stereocenters. The summed E-state index contributed by atoms with van der Waals surface area (Å²) in [5, 5.41) is 2.90. The number of piperidine rings is 1. The molecule has 0 radical (unpaired) electrons. The van der Waals surface area contributed by atoms with Crippen LogP contribution in [0.25, 0.3) is 0 Å². The van der Waals surface area contributed by atoms with Crippen LogP contribution in [-0.2, 0) is 14.3 Å². The molecule has 1 rings (SSSR count). The average molecular weight is 228 g/mol. The van der Waals surface area contributed by atoms with Crippen molar-refractivity contribution in [2.45, 2.75) is 25.8 Å². The Morgan fingerprint density at radius 2 is 2.12 bits per heavy atom. The van der Waals surface area contributed by atoms with Gasteiger partial charge in [-0.25, -0.2) is 0 Å². The molecule has 0 aromatic rings. The van der Waals surface area contributed by atoms with E-state index in [4.69, 9.17) is 0 Å². The van der Waals surface area contributed by atoms with Gasteiger partial charge in [-0.3, -0.25) is 9.59 Å². The molecule has 1 N–H and O–H groups in total. The van der Waals surface area contributed by atoms with Crippen molar-refractivity contribution in [1.29, 1.82) is 0 Å². The van der Waals surface area contributed by atoms with Gasteiger partial charge in [0.2, 0.25) is 5.91 Å². The fourth-order valence-electron chi connectivity index (χ4n) is 2.30. The lowest BCUT2D eigenvalue weighted by Gasteiger charge is -2.35. The highest BCUT2D eigenvalue weighted by molar-refractivity contribution is 5.73. The molecular formula is C11H20N2O3. The Morgan fingerprint density at radius 1 is 1.44 bits per heavy atom. The van der Waals surface area contributed by atoms with Gasteiger partial charge in [0.05, 0.1) is 7.11 Å².